The Morgan fingerprint density at radius 1 is 1.40 bits per heavy atom. The normalized spacial score (nSPS) is 11.8. The van der Waals surface area contributed by atoms with Crippen LogP contribution in [0.25, 0.3) is 0 Å². The van der Waals surface area contributed by atoms with Gasteiger partial charge in [-0.3, -0.25) is 10.1 Å². The van der Waals surface area contributed by atoms with Crippen molar-refractivity contribution in [2.75, 3.05) is 5.32 Å². The predicted molar refractivity (Wildman–Crippen MR) is 76.4 cm³/mol. The van der Waals surface area contributed by atoms with Gasteiger partial charge in [-0.25, -0.2) is 4.79 Å². The van der Waals surface area contributed by atoms with Crippen molar-refractivity contribution in [1.82, 2.24) is 0 Å². The Morgan fingerprint density at radius 3 is 2.70 bits per heavy atom. The van der Waals surface area contributed by atoms with E-state index in [-0.39, 0.29) is 16.4 Å². The number of nitro benzene ring substituents is 1. The van der Waals surface area contributed by atoms with Crippen molar-refractivity contribution in [3.05, 3.63) is 55.7 Å². The number of carboxylic acid groups (broad SMARTS) is 1. The monoisotopic (exact) mass is 312 g/mol. The van der Waals surface area contributed by atoms with E-state index in [0.29, 0.717) is 4.88 Å². The van der Waals surface area contributed by atoms with Crippen LogP contribution in [0.15, 0.2) is 35.7 Å². The van der Waals surface area contributed by atoms with E-state index in [1.54, 1.807) is 17.5 Å². The molecule has 0 amide bonds. The van der Waals surface area contributed by atoms with Gasteiger partial charge in [0.05, 0.1) is 4.92 Å². The minimum atomic E-state index is -1.12. The lowest BCUT2D eigenvalue weighted by atomic mass is 10.2. The zero-order valence-corrected chi connectivity index (χ0v) is 11.5. The maximum atomic E-state index is 11.3. The number of benzene rings is 1. The molecule has 1 aromatic heterocycles. The molecule has 20 heavy (non-hydrogen) atoms. The summed E-state index contributed by atoms with van der Waals surface area (Å²) in [7, 11) is 0. The number of hydrogen-bond acceptors (Lipinski definition) is 5. The lowest BCUT2D eigenvalue weighted by molar-refractivity contribution is -0.383. The lowest BCUT2D eigenvalue weighted by Crippen LogP contribution is -2.20. The van der Waals surface area contributed by atoms with E-state index in [9.17, 15) is 20.0 Å². The Labute approximate surface area is 122 Å². The molecule has 0 radical (unpaired) electrons. The molecule has 0 aliphatic rings. The third-order valence-corrected chi connectivity index (χ3v) is 3.79. The number of halogens is 1. The number of rotatable bonds is 5. The molecule has 1 atom stereocenters. The largest absolute Gasteiger partial charge is 0.479 e. The molecular weight excluding hydrogens is 304 g/mol. The first-order chi connectivity index (χ1) is 9.50. The van der Waals surface area contributed by atoms with Crippen LogP contribution in [0.1, 0.15) is 10.9 Å². The summed E-state index contributed by atoms with van der Waals surface area (Å²) < 4.78 is 0. The quantitative estimate of drug-likeness (QED) is 0.650. The predicted octanol–water partition coefficient (Wildman–Crippen LogP) is 3.55. The van der Waals surface area contributed by atoms with Crippen LogP contribution in [0.5, 0.6) is 0 Å². The number of nitrogens with one attached hydrogen (secondary N) is 1. The van der Waals surface area contributed by atoms with Crippen LogP contribution >= 0.6 is 22.9 Å². The van der Waals surface area contributed by atoms with Crippen molar-refractivity contribution in [2.24, 2.45) is 0 Å². The molecule has 0 bridgehead atoms. The Morgan fingerprint density at radius 2 is 2.15 bits per heavy atom. The summed E-state index contributed by atoms with van der Waals surface area (Å²) in [5, 5.41) is 24.6. The summed E-state index contributed by atoms with van der Waals surface area (Å²) in [6, 6.07) is 6.62. The molecular formula is C12H9ClN2O4S. The van der Waals surface area contributed by atoms with Gasteiger partial charge in [0.25, 0.3) is 0 Å². The van der Waals surface area contributed by atoms with E-state index in [1.807, 2.05) is 0 Å². The zero-order chi connectivity index (χ0) is 14.7. The van der Waals surface area contributed by atoms with Gasteiger partial charge in [0.2, 0.25) is 0 Å². The second-order valence-electron chi connectivity index (χ2n) is 3.82. The van der Waals surface area contributed by atoms with Crippen LogP contribution in [0.4, 0.5) is 11.4 Å². The number of thiophene rings is 1. The molecule has 0 saturated carbocycles. The Bertz CT molecular complexity index is 645. The molecule has 2 rings (SSSR count). The maximum Gasteiger partial charge on any atom is 0.331 e. The standard InChI is InChI=1S/C12H9ClN2O4S/c13-7-3-1-4-8(11(7)15(18)19)14-10(12(16)17)9-5-2-6-20-9/h1-6,10,14H,(H,16,17). The number of carbonyl (C=O) groups is 1. The summed E-state index contributed by atoms with van der Waals surface area (Å²) in [6.07, 6.45) is 0. The first-order valence-corrected chi connectivity index (χ1v) is 6.72. The third kappa shape index (κ3) is 2.89. The second kappa shape index (κ2) is 5.89. The van der Waals surface area contributed by atoms with Gasteiger partial charge in [-0.05, 0) is 23.6 Å². The fourth-order valence-corrected chi connectivity index (χ4v) is 2.69. The van der Waals surface area contributed by atoms with Crippen LogP contribution in [0, 0.1) is 10.1 Å². The van der Waals surface area contributed by atoms with Crippen molar-refractivity contribution in [3.8, 4) is 0 Å². The van der Waals surface area contributed by atoms with Crippen molar-refractivity contribution in [1.29, 1.82) is 0 Å². The van der Waals surface area contributed by atoms with Gasteiger partial charge in [-0.2, -0.15) is 0 Å². The van der Waals surface area contributed by atoms with E-state index < -0.39 is 16.9 Å². The van der Waals surface area contributed by atoms with E-state index in [1.165, 1.54) is 29.5 Å². The molecule has 0 fully saturated rings. The topological polar surface area (TPSA) is 92.5 Å². The van der Waals surface area contributed by atoms with Gasteiger partial charge < -0.3 is 10.4 Å². The smallest absolute Gasteiger partial charge is 0.331 e. The molecule has 2 aromatic rings. The van der Waals surface area contributed by atoms with Gasteiger partial charge in [0.15, 0.2) is 6.04 Å². The minimum Gasteiger partial charge on any atom is -0.479 e. The summed E-state index contributed by atoms with van der Waals surface area (Å²) >= 11 is 7.04. The summed E-state index contributed by atoms with van der Waals surface area (Å²) in [5.41, 5.74) is -0.264. The summed E-state index contributed by atoms with van der Waals surface area (Å²) in [5.74, 6) is -1.12. The van der Waals surface area contributed by atoms with Crippen LogP contribution in [0.2, 0.25) is 5.02 Å². The van der Waals surface area contributed by atoms with Crippen molar-refractivity contribution < 1.29 is 14.8 Å². The molecule has 1 unspecified atom stereocenters. The third-order valence-electron chi connectivity index (χ3n) is 2.54. The number of aliphatic carboxylic acids is 1. The van der Waals surface area contributed by atoms with Gasteiger partial charge in [0.1, 0.15) is 10.7 Å². The highest BCUT2D eigenvalue weighted by atomic mass is 35.5. The summed E-state index contributed by atoms with van der Waals surface area (Å²) in [4.78, 5) is 22.2. The summed E-state index contributed by atoms with van der Waals surface area (Å²) in [6.45, 7) is 0. The van der Waals surface area contributed by atoms with Crippen LogP contribution in [0.3, 0.4) is 0 Å². The van der Waals surface area contributed by atoms with E-state index in [4.69, 9.17) is 11.6 Å². The van der Waals surface area contributed by atoms with E-state index >= 15 is 0 Å². The number of nitro groups is 1. The molecule has 0 aliphatic carbocycles. The molecule has 0 saturated heterocycles. The molecule has 1 aromatic carbocycles. The minimum absolute atomic E-state index is 0.0460. The Kier molecular flexibility index (Phi) is 4.21. The van der Waals surface area contributed by atoms with Gasteiger partial charge >= 0.3 is 11.7 Å². The number of carboxylic acids is 1. The first kappa shape index (κ1) is 14.3. The molecule has 8 heteroatoms. The Balaban J connectivity index is 2.40. The van der Waals surface area contributed by atoms with Crippen LogP contribution in [-0.4, -0.2) is 16.0 Å². The van der Waals surface area contributed by atoms with Crippen LogP contribution < -0.4 is 5.32 Å². The van der Waals surface area contributed by atoms with Gasteiger partial charge in [-0.1, -0.05) is 23.7 Å². The number of para-hydroxylation sites is 1. The SMILES string of the molecule is O=C(O)C(Nc1cccc(Cl)c1[N+](=O)[O-])c1cccs1. The first-order valence-electron chi connectivity index (χ1n) is 5.46. The van der Waals surface area contributed by atoms with E-state index in [0.717, 1.165) is 0 Å². The molecule has 6 nitrogen and oxygen atoms in total. The molecule has 0 spiro atoms. The number of hydrogen-bond donors (Lipinski definition) is 2. The average molecular weight is 313 g/mol. The Hall–Kier alpha value is -2.12. The molecule has 2 N–H and O–H groups in total. The van der Waals surface area contributed by atoms with Gasteiger partial charge in [0, 0.05) is 4.88 Å². The lowest BCUT2D eigenvalue weighted by Gasteiger charge is -2.14. The fraction of sp³-hybridized carbons (Fsp3) is 0.0833. The fourth-order valence-electron chi connectivity index (χ4n) is 1.68. The average Bonchev–Trinajstić information content (AvgIpc) is 2.88. The van der Waals surface area contributed by atoms with Crippen molar-refractivity contribution in [3.63, 3.8) is 0 Å². The highest BCUT2D eigenvalue weighted by molar-refractivity contribution is 7.10. The van der Waals surface area contributed by atoms with Crippen molar-refractivity contribution in [2.45, 2.75) is 6.04 Å². The van der Waals surface area contributed by atoms with Gasteiger partial charge in [-0.15, -0.1) is 11.3 Å². The molecule has 0 aliphatic heterocycles. The van der Waals surface area contributed by atoms with Crippen molar-refractivity contribution >= 4 is 40.3 Å². The highest BCUT2D eigenvalue weighted by Gasteiger charge is 2.26. The molecule has 1 heterocycles. The van der Waals surface area contributed by atoms with E-state index in [2.05, 4.69) is 5.32 Å². The zero-order valence-electron chi connectivity index (χ0n) is 9.95. The number of anilines is 1. The second-order valence-corrected chi connectivity index (χ2v) is 5.21. The number of nitrogens with zero attached hydrogens (tertiary/aromatic N) is 1. The maximum absolute atomic E-state index is 11.3. The highest BCUT2D eigenvalue weighted by Crippen LogP contribution is 2.35. The van der Waals surface area contributed by atoms with Crippen LogP contribution in [-0.2, 0) is 4.79 Å². The molecule has 104 valence electrons.